The number of carboxylic acid groups (broad SMARTS) is 1. The van der Waals surface area contributed by atoms with E-state index < -0.39 is 5.97 Å². The Labute approximate surface area is 50.0 Å². The summed E-state index contributed by atoms with van der Waals surface area (Å²) in [6.07, 6.45) is 2.61. The molecule has 0 aliphatic heterocycles. The summed E-state index contributed by atoms with van der Waals surface area (Å²) in [5, 5.41) is 8.53. The van der Waals surface area contributed by atoms with E-state index in [1.54, 1.807) is 0 Å². The molecule has 40 valence electrons. The third-order valence-electron chi connectivity index (χ3n) is 0.350. The van der Waals surface area contributed by atoms with Gasteiger partial charge in [-0.05, 0) is 0 Å². The van der Waals surface area contributed by atoms with Crippen LogP contribution in [-0.4, -0.2) is 16.4 Å². The van der Waals surface area contributed by atoms with Crippen molar-refractivity contribution in [3.63, 3.8) is 0 Å². The Hall–Kier alpha value is -0.310. The Morgan fingerprint density at radius 1 is 1.86 bits per heavy atom. The molecular formula is C4H5BrO2. The summed E-state index contributed by atoms with van der Waals surface area (Å²) in [5.41, 5.74) is 0. The van der Waals surface area contributed by atoms with E-state index in [4.69, 9.17) is 5.11 Å². The Kier molecular flexibility index (Phi) is 3.69. The van der Waals surface area contributed by atoms with E-state index in [0.29, 0.717) is 5.33 Å². The zero-order chi connectivity index (χ0) is 5.70. The largest absolute Gasteiger partial charge is 0.478 e. The van der Waals surface area contributed by atoms with Gasteiger partial charge in [-0.25, -0.2) is 4.79 Å². The predicted octanol–water partition coefficient (Wildman–Crippen LogP) is 1.02. The molecule has 0 atom stereocenters. The highest BCUT2D eigenvalue weighted by molar-refractivity contribution is 9.09. The van der Waals surface area contributed by atoms with E-state index in [-0.39, 0.29) is 0 Å². The van der Waals surface area contributed by atoms with Crippen LogP contribution in [0.4, 0.5) is 0 Å². The molecule has 0 radical (unpaired) electrons. The fourth-order valence-corrected chi connectivity index (χ4v) is 0.332. The van der Waals surface area contributed by atoms with Gasteiger partial charge in [0.25, 0.3) is 0 Å². The third kappa shape index (κ3) is 5.69. The molecule has 0 heterocycles. The number of carbonyl (C=O) groups is 1. The van der Waals surface area contributed by atoms with Gasteiger partial charge < -0.3 is 5.11 Å². The SMILES string of the molecule is O=C(O)/C=C\CBr. The second-order valence-electron chi connectivity index (χ2n) is 0.895. The minimum absolute atomic E-state index is 0.597. The van der Waals surface area contributed by atoms with E-state index in [0.717, 1.165) is 6.08 Å². The van der Waals surface area contributed by atoms with Crippen molar-refractivity contribution in [2.24, 2.45) is 0 Å². The molecule has 2 nitrogen and oxygen atoms in total. The molecule has 0 amide bonds. The first kappa shape index (κ1) is 6.69. The quantitative estimate of drug-likeness (QED) is 0.489. The van der Waals surface area contributed by atoms with Crippen molar-refractivity contribution < 1.29 is 9.90 Å². The summed E-state index contributed by atoms with van der Waals surface area (Å²) >= 11 is 3.03. The highest BCUT2D eigenvalue weighted by Crippen LogP contribution is 1.79. The topological polar surface area (TPSA) is 37.3 Å². The zero-order valence-electron chi connectivity index (χ0n) is 3.60. The van der Waals surface area contributed by atoms with E-state index >= 15 is 0 Å². The summed E-state index contributed by atoms with van der Waals surface area (Å²) in [7, 11) is 0. The van der Waals surface area contributed by atoms with Crippen molar-refractivity contribution in [1.29, 1.82) is 0 Å². The lowest BCUT2D eigenvalue weighted by Gasteiger charge is -1.72. The van der Waals surface area contributed by atoms with E-state index in [9.17, 15) is 4.79 Å². The number of carboxylic acids is 1. The molecule has 0 unspecified atom stereocenters. The molecule has 0 fully saturated rings. The van der Waals surface area contributed by atoms with Gasteiger partial charge in [-0.1, -0.05) is 22.0 Å². The van der Waals surface area contributed by atoms with Crippen molar-refractivity contribution in [3.05, 3.63) is 12.2 Å². The van der Waals surface area contributed by atoms with Gasteiger partial charge in [0, 0.05) is 11.4 Å². The normalized spacial score (nSPS) is 9.86. The Morgan fingerprint density at radius 2 is 2.43 bits per heavy atom. The van der Waals surface area contributed by atoms with Gasteiger partial charge in [0.15, 0.2) is 0 Å². The highest BCUT2D eigenvalue weighted by atomic mass is 79.9. The van der Waals surface area contributed by atoms with E-state index in [2.05, 4.69) is 15.9 Å². The average Bonchev–Trinajstić information content (AvgIpc) is 1.61. The standard InChI is InChI=1S/C4H5BrO2/c5-3-1-2-4(6)7/h1-2H,3H2,(H,6,7)/b2-1-. The smallest absolute Gasteiger partial charge is 0.328 e. The maximum atomic E-state index is 9.65. The van der Waals surface area contributed by atoms with Crippen LogP contribution in [0, 0.1) is 0 Å². The van der Waals surface area contributed by atoms with Crippen molar-refractivity contribution in [2.75, 3.05) is 5.33 Å². The first-order chi connectivity index (χ1) is 3.27. The molecule has 3 heteroatoms. The second-order valence-corrected chi connectivity index (χ2v) is 1.54. The van der Waals surface area contributed by atoms with Crippen LogP contribution in [-0.2, 0) is 4.79 Å². The fourth-order valence-electron chi connectivity index (χ4n) is 0.145. The minimum Gasteiger partial charge on any atom is -0.478 e. The van der Waals surface area contributed by atoms with Gasteiger partial charge in [0.1, 0.15) is 0 Å². The number of alkyl halides is 1. The number of hydrogen-bond donors (Lipinski definition) is 1. The lowest BCUT2D eigenvalue weighted by atomic mass is 10.5. The maximum Gasteiger partial charge on any atom is 0.328 e. The van der Waals surface area contributed by atoms with Crippen LogP contribution >= 0.6 is 15.9 Å². The Morgan fingerprint density at radius 3 is 2.57 bits per heavy atom. The van der Waals surface area contributed by atoms with Gasteiger partial charge >= 0.3 is 5.97 Å². The molecule has 0 aromatic carbocycles. The molecule has 7 heavy (non-hydrogen) atoms. The molecule has 0 aromatic rings. The summed E-state index contributed by atoms with van der Waals surface area (Å²) in [4.78, 5) is 9.65. The summed E-state index contributed by atoms with van der Waals surface area (Å²) in [6, 6.07) is 0. The molecule has 0 saturated carbocycles. The van der Waals surface area contributed by atoms with Gasteiger partial charge in [-0.2, -0.15) is 0 Å². The molecule has 0 bridgehead atoms. The molecule has 0 saturated heterocycles. The number of rotatable bonds is 2. The van der Waals surface area contributed by atoms with Gasteiger partial charge in [-0.3, -0.25) is 0 Å². The molecule has 0 aromatic heterocycles. The van der Waals surface area contributed by atoms with Crippen LogP contribution in [0.25, 0.3) is 0 Å². The second kappa shape index (κ2) is 3.87. The first-order valence-corrected chi connectivity index (χ1v) is 2.85. The van der Waals surface area contributed by atoms with Crippen molar-refractivity contribution >= 4 is 21.9 Å². The van der Waals surface area contributed by atoms with E-state index in [1.807, 2.05) is 0 Å². The minimum atomic E-state index is -0.903. The van der Waals surface area contributed by atoms with E-state index in [1.165, 1.54) is 6.08 Å². The molecule has 1 N–H and O–H groups in total. The van der Waals surface area contributed by atoms with Crippen LogP contribution in [0.1, 0.15) is 0 Å². The van der Waals surface area contributed by atoms with Crippen molar-refractivity contribution in [3.8, 4) is 0 Å². The van der Waals surface area contributed by atoms with Crippen LogP contribution in [0.2, 0.25) is 0 Å². The number of halogens is 1. The number of allylic oxidation sites excluding steroid dienone is 1. The summed E-state index contributed by atoms with van der Waals surface area (Å²) < 4.78 is 0. The van der Waals surface area contributed by atoms with Crippen molar-refractivity contribution in [1.82, 2.24) is 0 Å². The molecule has 0 aliphatic rings. The van der Waals surface area contributed by atoms with Crippen LogP contribution in [0.3, 0.4) is 0 Å². The lowest BCUT2D eigenvalue weighted by Crippen LogP contribution is -1.84. The first-order valence-electron chi connectivity index (χ1n) is 1.73. The molecular weight excluding hydrogens is 160 g/mol. The molecule has 0 aliphatic carbocycles. The molecule has 0 spiro atoms. The summed E-state index contributed by atoms with van der Waals surface area (Å²) in [5.74, 6) is -0.903. The Bertz CT molecular complexity index is 87.7. The predicted molar refractivity (Wildman–Crippen MR) is 30.6 cm³/mol. The Balaban J connectivity index is 3.26. The van der Waals surface area contributed by atoms with Crippen LogP contribution in [0.15, 0.2) is 12.2 Å². The van der Waals surface area contributed by atoms with Gasteiger partial charge in [0.05, 0.1) is 0 Å². The average molecular weight is 165 g/mol. The zero-order valence-corrected chi connectivity index (χ0v) is 5.18. The fraction of sp³-hybridized carbons (Fsp3) is 0.250. The van der Waals surface area contributed by atoms with Crippen molar-refractivity contribution in [2.45, 2.75) is 0 Å². The highest BCUT2D eigenvalue weighted by Gasteiger charge is 1.79. The monoisotopic (exact) mass is 164 g/mol. The van der Waals surface area contributed by atoms with Gasteiger partial charge in [0.2, 0.25) is 0 Å². The number of hydrogen-bond acceptors (Lipinski definition) is 1. The number of aliphatic carboxylic acids is 1. The van der Waals surface area contributed by atoms with Gasteiger partial charge in [-0.15, -0.1) is 0 Å². The third-order valence-corrected chi connectivity index (χ3v) is 0.723. The molecule has 0 rings (SSSR count). The van der Waals surface area contributed by atoms with Crippen LogP contribution < -0.4 is 0 Å². The summed E-state index contributed by atoms with van der Waals surface area (Å²) in [6.45, 7) is 0. The maximum absolute atomic E-state index is 9.65. The van der Waals surface area contributed by atoms with Crippen LogP contribution in [0.5, 0.6) is 0 Å². The lowest BCUT2D eigenvalue weighted by molar-refractivity contribution is -0.131.